The predicted molar refractivity (Wildman–Crippen MR) is 89.2 cm³/mol. The first-order valence-corrected chi connectivity index (χ1v) is 6.66. The van der Waals surface area contributed by atoms with E-state index in [2.05, 4.69) is 34.9 Å². The van der Waals surface area contributed by atoms with Crippen LogP contribution in [0.25, 0.3) is 0 Å². The number of aryl methyl sites for hydroxylation is 1. The molecule has 114 valence electrons. The van der Waals surface area contributed by atoms with E-state index in [0.29, 0.717) is 6.04 Å². The lowest BCUT2D eigenvalue weighted by atomic mass is 10.1. The van der Waals surface area contributed by atoms with Crippen molar-refractivity contribution in [2.24, 2.45) is 5.73 Å². The number of unbranched alkanes of at least 4 members (excludes halogenated alkanes) is 1. The van der Waals surface area contributed by atoms with Gasteiger partial charge in [0, 0.05) is 12.6 Å². The highest BCUT2D eigenvalue weighted by Gasteiger charge is 2.20. The average Bonchev–Trinajstić information content (AvgIpc) is 2.77. The average molecular weight is 319 g/mol. The Hall–Kier alpha value is -0.970. The third kappa shape index (κ3) is 5.57. The molecule has 0 amide bonds. The van der Waals surface area contributed by atoms with Crippen LogP contribution in [-0.2, 0) is 6.42 Å². The van der Waals surface area contributed by atoms with Crippen LogP contribution in [0.5, 0.6) is 0 Å². The lowest BCUT2D eigenvalue weighted by Gasteiger charge is -2.14. The fourth-order valence-corrected chi connectivity index (χ4v) is 2.52. The van der Waals surface area contributed by atoms with Crippen molar-refractivity contribution in [1.82, 2.24) is 10.6 Å². The van der Waals surface area contributed by atoms with E-state index >= 15 is 0 Å². The summed E-state index contributed by atoms with van der Waals surface area (Å²) in [5.74, 6) is 0.0627. The van der Waals surface area contributed by atoms with Crippen molar-refractivity contribution in [3.8, 4) is 0 Å². The number of rotatable bonds is 6. The molecule has 0 spiro atoms. The van der Waals surface area contributed by atoms with Crippen molar-refractivity contribution >= 4 is 30.8 Å². The summed E-state index contributed by atoms with van der Waals surface area (Å²) in [6, 6.07) is 9.23. The van der Waals surface area contributed by atoms with E-state index in [-0.39, 0.29) is 30.8 Å². The molecule has 0 bridgehead atoms. The molecule has 0 saturated carbocycles. The second kappa shape index (κ2) is 9.86. The molecule has 1 aromatic carbocycles. The summed E-state index contributed by atoms with van der Waals surface area (Å²) in [7, 11) is 0. The van der Waals surface area contributed by atoms with Gasteiger partial charge in [-0.05, 0) is 43.4 Å². The van der Waals surface area contributed by atoms with Crippen molar-refractivity contribution < 1.29 is 0 Å². The Bertz CT molecular complexity index is 412. The van der Waals surface area contributed by atoms with E-state index in [0.717, 1.165) is 25.9 Å². The van der Waals surface area contributed by atoms with Gasteiger partial charge in [0.25, 0.3) is 0 Å². The highest BCUT2D eigenvalue weighted by Crippen LogP contribution is 2.30. The van der Waals surface area contributed by atoms with E-state index < -0.39 is 0 Å². The molecule has 2 rings (SSSR count). The normalized spacial score (nSPS) is 15.7. The molecule has 6 heteroatoms. The fraction of sp³-hybridized carbons (Fsp3) is 0.500. The van der Waals surface area contributed by atoms with Crippen LogP contribution >= 0.6 is 24.8 Å². The number of guanidine groups is 1. The Balaban J connectivity index is 0.00000180. The van der Waals surface area contributed by atoms with E-state index in [1.54, 1.807) is 0 Å². The third-order valence-corrected chi connectivity index (χ3v) is 3.44. The topological polar surface area (TPSA) is 73.9 Å². The predicted octanol–water partition coefficient (Wildman–Crippen LogP) is 2.37. The number of halogens is 2. The highest BCUT2D eigenvalue weighted by atomic mass is 35.5. The summed E-state index contributed by atoms with van der Waals surface area (Å²) in [4.78, 5) is 0. The molecule has 0 radical (unpaired) electrons. The smallest absolute Gasteiger partial charge is 0.185 e. The zero-order valence-electron chi connectivity index (χ0n) is 11.5. The van der Waals surface area contributed by atoms with E-state index in [9.17, 15) is 0 Å². The maximum absolute atomic E-state index is 7.04. The fourth-order valence-electron chi connectivity index (χ4n) is 2.52. The van der Waals surface area contributed by atoms with Crippen LogP contribution in [0.2, 0.25) is 0 Å². The van der Waals surface area contributed by atoms with E-state index in [1.165, 1.54) is 24.0 Å². The number of nitrogens with two attached hydrogens (primary N) is 1. The molecule has 1 aliphatic carbocycles. The minimum atomic E-state index is 0. The van der Waals surface area contributed by atoms with Crippen molar-refractivity contribution in [2.45, 2.75) is 31.7 Å². The molecule has 20 heavy (non-hydrogen) atoms. The lowest BCUT2D eigenvalue weighted by Crippen LogP contribution is -2.31. The summed E-state index contributed by atoms with van der Waals surface area (Å²) in [6.45, 7) is 1.82. The van der Waals surface area contributed by atoms with Gasteiger partial charge in [0.15, 0.2) is 5.96 Å². The molecule has 0 heterocycles. The number of benzene rings is 1. The molecule has 4 nitrogen and oxygen atoms in total. The van der Waals surface area contributed by atoms with E-state index in [4.69, 9.17) is 11.1 Å². The van der Waals surface area contributed by atoms with Gasteiger partial charge in [0.1, 0.15) is 0 Å². The van der Waals surface area contributed by atoms with Gasteiger partial charge in [0.2, 0.25) is 0 Å². The van der Waals surface area contributed by atoms with Gasteiger partial charge in [-0.15, -0.1) is 24.8 Å². The molecule has 0 aliphatic heterocycles. The largest absolute Gasteiger partial charge is 0.370 e. The monoisotopic (exact) mass is 318 g/mol. The molecule has 0 fully saturated rings. The Labute approximate surface area is 133 Å². The maximum atomic E-state index is 7.04. The van der Waals surface area contributed by atoms with Crippen LogP contribution < -0.4 is 16.4 Å². The summed E-state index contributed by atoms with van der Waals surface area (Å²) >= 11 is 0. The Morgan fingerprint density at radius 2 is 1.90 bits per heavy atom. The van der Waals surface area contributed by atoms with Crippen molar-refractivity contribution in [3.63, 3.8) is 0 Å². The molecular weight excluding hydrogens is 295 g/mol. The molecule has 1 atom stereocenters. The number of fused-ring (bicyclic) bond motifs is 1. The molecule has 0 saturated heterocycles. The van der Waals surface area contributed by atoms with Gasteiger partial charge < -0.3 is 16.4 Å². The van der Waals surface area contributed by atoms with Crippen molar-refractivity contribution in [3.05, 3.63) is 35.4 Å². The summed E-state index contributed by atoms with van der Waals surface area (Å²) < 4.78 is 0. The van der Waals surface area contributed by atoms with Crippen LogP contribution in [0.1, 0.15) is 36.4 Å². The molecule has 1 aromatic rings. The third-order valence-electron chi connectivity index (χ3n) is 3.44. The summed E-state index contributed by atoms with van der Waals surface area (Å²) in [6.07, 6.45) is 4.56. The molecule has 1 aliphatic rings. The van der Waals surface area contributed by atoms with Gasteiger partial charge in [0.05, 0.1) is 0 Å². The quantitative estimate of drug-likeness (QED) is 0.369. The van der Waals surface area contributed by atoms with Crippen LogP contribution in [0, 0.1) is 5.41 Å². The van der Waals surface area contributed by atoms with Crippen LogP contribution in [-0.4, -0.2) is 19.0 Å². The minimum Gasteiger partial charge on any atom is -0.370 e. The maximum Gasteiger partial charge on any atom is 0.185 e. The second-order valence-corrected chi connectivity index (χ2v) is 4.79. The van der Waals surface area contributed by atoms with Gasteiger partial charge >= 0.3 is 0 Å². The van der Waals surface area contributed by atoms with Crippen molar-refractivity contribution in [2.75, 3.05) is 13.1 Å². The Morgan fingerprint density at radius 1 is 1.20 bits per heavy atom. The standard InChI is InChI=1S/C14H22N4.2ClH/c15-14(16)18-10-4-3-9-17-13-8-7-11-5-1-2-6-12(11)13;;/h1-2,5-6,13,17H,3-4,7-10H2,(H4,15,16,18);2*1H. The zero-order chi connectivity index (χ0) is 12.8. The van der Waals surface area contributed by atoms with Gasteiger partial charge in [-0.25, -0.2) is 0 Å². The zero-order valence-corrected chi connectivity index (χ0v) is 13.2. The van der Waals surface area contributed by atoms with E-state index in [1.807, 2.05) is 0 Å². The Kier molecular flexibility index (Phi) is 9.38. The number of hydrogen-bond acceptors (Lipinski definition) is 2. The van der Waals surface area contributed by atoms with Gasteiger partial charge in [-0.2, -0.15) is 0 Å². The highest BCUT2D eigenvalue weighted by molar-refractivity contribution is 5.85. The molecule has 1 unspecified atom stereocenters. The van der Waals surface area contributed by atoms with Crippen LogP contribution in [0.15, 0.2) is 24.3 Å². The summed E-state index contributed by atoms with van der Waals surface area (Å²) in [5.41, 5.74) is 8.18. The SMILES string of the molecule is Cl.Cl.N=C(N)NCCCCNC1CCc2ccccc21. The first kappa shape index (κ1) is 19.0. The van der Waals surface area contributed by atoms with Crippen molar-refractivity contribution in [1.29, 1.82) is 5.41 Å². The number of hydrogen-bond donors (Lipinski definition) is 4. The first-order valence-electron chi connectivity index (χ1n) is 6.66. The van der Waals surface area contributed by atoms with Gasteiger partial charge in [-0.3, -0.25) is 5.41 Å². The molecule has 5 N–H and O–H groups in total. The Morgan fingerprint density at radius 3 is 2.65 bits per heavy atom. The minimum absolute atomic E-state index is 0. The first-order chi connectivity index (χ1) is 8.77. The van der Waals surface area contributed by atoms with Crippen LogP contribution in [0.3, 0.4) is 0 Å². The lowest BCUT2D eigenvalue weighted by molar-refractivity contribution is 0.511. The second-order valence-electron chi connectivity index (χ2n) is 4.79. The molecular formula is C14H24Cl2N4. The van der Waals surface area contributed by atoms with Crippen LogP contribution in [0.4, 0.5) is 0 Å². The molecule has 0 aromatic heterocycles. The summed E-state index contributed by atoms with van der Waals surface area (Å²) in [5, 5.41) is 13.5. The number of nitrogens with one attached hydrogen (secondary N) is 3. The van der Waals surface area contributed by atoms with Gasteiger partial charge in [-0.1, -0.05) is 24.3 Å².